The second-order valence-corrected chi connectivity index (χ2v) is 11.6. The molecule has 0 amide bonds. The van der Waals surface area contributed by atoms with Crippen molar-refractivity contribution in [2.45, 2.75) is 51.5 Å². The molecule has 39 heavy (non-hydrogen) atoms. The molecule has 0 saturated carbocycles. The Balaban J connectivity index is 1.51. The maximum Gasteiger partial charge on any atom is 0.379 e. The molecule has 0 radical (unpaired) electrons. The number of hydrogen-bond donors (Lipinski definition) is 1. The minimum absolute atomic E-state index is 0.110. The largest absolute Gasteiger partial charge is 0.496 e. The highest BCUT2D eigenvalue weighted by Gasteiger charge is 2.29. The number of fused-ring (bicyclic) bond motifs is 1. The van der Waals surface area contributed by atoms with E-state index >= 15 is 0 Å². The van der Waals surface area contributed by atoms with Gasteiger partial charge in [-0.05, 0) is 80.5 Å². The molecule has 2 aromatic carbocycles. The third-order valence-corrected chi connectivity index (χ3v) is 7.91. The van der Waals surface area contributed by atoms with E-state index in [9.17, 15) is 9.59 Å². The van der Waals surface area contributed by atoms with E-state index in [0.29, 0.717) is 17.9 Å². The number of hydrogen-bond acceptors (Lipinski definition) is 8. The predicted octanol–water partition coefficient (Wildman–Crippen LogP) is 7.23. The van der Waals surface area contributed by atoms with Crippen LogP contribution in [0.25, 0.3) is 16.7 Å². The van der Waals surface area contributed by atoms with Gasteiger partial charge in [0.05, 0.1) is 18.9 Å². The first-order chi connectivity index (χ1) is 18.6. The van der Waals surface area contributed by atoms with E-state index in [2.05, 4.69) is 38.2 Å². The van der Waals surface area contributed by atoms with Gasteiger partial charge in [-0.3, -0.25) is 4.79 Å². The zero-order valence-electron chi connectivity index (χ0n) is 22.6. The van der Waals surface area contributed by atoms with Crippen molar-refractivity contribution in [2.24, 2.45) is 0 Å². The number of thioether (sulfide) groups is 1. The lowest BCUT2D eigenvalue weighted by atomic mass is 9.85. The molecule has 202 valence electrons. The number of anilines is 1. The highest BCUT2D eigenvalue weighted by molar-refractivity contribution is 8.04. The van der Waals surface area contributed by atoms with Gasteiger partial charge in [0.25, 0.3) is 0 Å². The molecule has 3 heterocycles. The summed E-state index contributed by atoms with van der Waals surface area (Å²) >= 11 is 1.54. The molecule has 1 aromatic heterocycles. The van der Waals surface area contributed by atoms with Crippen molar-refractivity contribution in [3.63, 3.8) is 0 Å². The molecular formula is C31H31NO6S. The van der Waals surface area contributed by atoms with Crippen LogP contribution in [0.5, 0.6) is 11.5 Å². The molecule has 3 aromatic rings. The van der Waals surface area contributed by atoms with Crippen LogP contribution in [0.2, 0.25) is 0 Å². The Labute approximate surface area is 232 Å². The molecule has 8 heteroatoms. The second kappa shape index (κ2) is 10.7. The van der Waals surface area contributed by atoms with E-state index in [1.165, 1.54) is 6.26 Å². The Hall–Kier alpha value is -3.91. The van der Waals surface area contributed by atoms with Gasteiger partial charge in [-0.1, -0.05) is 18.2 Å². The fraction of sp³-hybridized carbons (Fsp3) is 0.290. The van der Waals surface area contributed by atoms with Crippen LogP contribution in [-0.2, 0) is 16.1 Å². The minimum atomic E-state index is -0.597. The van der Waals surface area contributed by atoms with Crippen LogP contribution in [-0.4, -0.2) is 29.8 Å². The van der Waals surface area contributed by atoms with Crippen molar-refractivity contribution >= 4 is 35.0 Å². The molecule has 1 N–H and O–H groups in total. The number of rotatable bonds is 7. The quantitative estimate of drug-likeness (QED) is 0.246. The summed E-state index contributed by atoms with van der Waals surface area (Å²) < 4.78 is 22.3. The highest BCUT2D eigenvalue weighted by atomic mass is 32.2. The summed E-state index contributed by atoms with van der Waals surface area (Å²) in [5.41, 5.74) is 5.39. The molecule has 0 bridgehead atoms. The maximum atomic E-state index is 12.9. The summed E-state index contributed by atoms with van der Waals surface area (Å²) in [4.78, 5) is 26.5. The van der Waals surface area contributed by atoms with Crippen LogP contribution in [0, 0.1) is 0 Å². The van der Waals surface area contributed by atoms with E-state index in [-0.39, 0.29) is 29.1 Å². The summed E-state index contributed by atoms with van der Waals surface area (Å²) in [6.45, 7) is 8.42. The smallest absolute Gasteiger partial charge is 0.379 e. The van der Waals surface area contributed by atoms with Gasteiger partial charge in [-0.2, -0.15) is 0 Å². The number of carbonyl (C=O) groups excluding carboxylic acids is 2. The van der Waals surface area contributed by atoms with Crippen LogP contribution < -0.4 is 14.8 Å². The number of esters is 2. The van der Waals surface area contributed by atoms with Gasteiger partial charge in [-0.25, -0.2) is 4.79 Å². The molecule has 2 aliphatic heterocycles. The summed E-state index contributed by atoms with van der Waals surface area (Å²) in [5, 5.41) is 3.36. The van der Waals surface area contributed by atoms with Crippen LogP contribution in [0.1, 0.15) is 55.8 Å². The Morgan fingerprint density at radius 2 is 1.92 bits per heavy atom. The van der Waals surface area contributed by atoms with Crippen molar-refractivity contribution < 1.29 is 28.2 Å². The minimum Gasteiger partial charge on any atom is -0.496 e. The Kier molecular flexibility index (Phi) is 7.32. The third-order valence-electron chi connectivity index (χ3n) is 6.71. The second-order valence-electron chi connectivity index (χ2n) is 10.2. The van der Waals surface area contributed by atoms with Crippen molar-refractivity contribution in [3.8, 4) is 22.6 Å². The van der Waals surface area contributed by atoms with E-state index < -0.39 is 5.97 Å². The van der Waals surface area contributed by atoms with Crippen LogP contribution in [0.15, 0.2) is 70.2 Å². The SMILES string of the molecule is COc1cc(OC(=O)c2ccco2)ccc1-c1ccc2c(c1COC(=O)C1CC=C(C)S1)C(C)=CC(C)(C)N2. The van der Waals surface area contributed by atoms with Crippen LogP contribution in [0.3, 0.4) is 0 Å². The van der Waals surface area contributed by atoms with Gasteiger partial charge in [0, 0.05) is 28.4 Å². The summed E-state index contributed by atoms with van der Waals surface area (Å²) in [6, 6.07) is 12.4. The number of nitrogens with one attached hydrogen (secondary N) is 1. The average molecular weight is 546 g/mol. The van der Waals surface area contributed by atoms with Gasteiger partial charge >= 0.3 is 11.9 Å². The Morgan fingerprint density at radius 3 is 2.62 bits per heavy atom. The van der Waals surface area contributed by atoms with Gasteiger partial charge in [0.1, 0.15) is 23.4 Å². The molecule has 1 unspecified atom stereocenters. The van der Waals surface area contributed by atoms with Gasteiger partial charge in [-0.15, -0.1) is 11.8 Å². The van der Waals surface area contributed by atoms with Crippen molar-refractivity contribution in [1.29, 1.82) is 0 Å². The summed E-state index contributed by atoms with van der Waals surface area (Å²) in [5.74, 6) is 0.128. The Bertz CT molecular complexity index is 1480. The molecule has 0 spiro atoms. The molecule has 0 fully saturated rings. The Morgan fingerprint density at radius 1 is 1.13 bits per heavy atom. The van der Waals surface area contributed by atoms with E-state index in [0.717, 1.165) is 38.4 Å². The highest BCUT2D eigenvalue weighted by Crippen LogP contribution is 2.43. The lowest BCUT2D eigenvalue weighted by Crippen LogP contribution is -2.32. The molecule has 1 atom stereocenters. The number of ether oxygens (including phenoxy) is 3. The average Bonchev–Trinajstić information content (AvgIpc) is 3.58. The van der Waals surface area contributed by atoms with E-state index in [1.807, 2.05) is 25.1 Å². The van der Waals surface area contributed by atoms with E-state index in [4.69, 9.17) is 18.6 Å². The van der Waals surface area contributed by atoms with E-state index in [1.54, 1.807) is 43.1 Å². The molecule has 5 rings (SSSR count). The lowest BCUT2D eigenvalue weighted by Gasteiger charge is -2.33. The van der Waals surface area contributed by atoms with Crippen molar-refractivity contribution in [3.05, 3.63) is 82.7 Å². The first kappa shape index (κ1) is 26.7. The molecule has 2 aliphatic rings. The first-order valence-corrected chi connectivity index (χ1v) is 13.6. The van der Waals surface area contributed by atoms with Gasteiger partial charge in [0.2, 0.25) is 5.76 Å². The summed E-state index contributed by atoms with van der Waals surface area (Å²) in [7, 11) is 1.57. The van der Waals surface area contributed by atoms with Gasteiger partial charge in [0.15, 0.2) is 0 Å². The standard InChI is InChI=1S/C31H31NO6S/c1-18-16-31(3,4)32-24-12-11-21(23(28(18)24)17-37-30(34)27-13-8-19(2)39-27)22-10-9-20(15-26(22)35-5)38-29(33)25-7-6-14-36-25/h6-12,14-16,27,32H,13,17H2,1-5H3. The fourth-order valence-corrected chi connectivity index (χ4v) is 6.08. The van der Waals surface area contributed by atoms with Crippen molar-refractivity contribution in [2.75, 3.05) is 12.4 Å². The number of furan rings is 1. The number of allylic oxidation sites excluding steroid dienone is 3. The maximum absolute atomic E-state index is 12.9. The number of benzene rings is 2. The van der Waals surface area contributed by atoms with Crippen molar-refractivity contribution in [1.82, 2.24) is 0 Å². The predicted molar refractivity (Wildman–Crippen MR) is 153 cm³/mol. The fourth-order valence-electron chi connectivity index (χ4n) is 5.09. The normalized spacial score (nSPS) is 17.4. The van der Waals surface area contributed by atoms with Crippen LogP contribution in [0.4, 0.5) is 5.69 Å². The first-order valence-electron chi connectivity index (χ1n) is 12.7. The molecule has 7 nitrogen and oxygen atoms in total. The number of carbonyl (C=O) groups is 2. The molecular weight excluding hydrogens is 514 g/mol. The zero-order valence-corrected chi connectivity index (χ0v) is 23.4. The zero-order chi connectivity index (χ0) is 27.7. The summed E-state index contributed by atoms with van der Waals surface area (Å²) in [6.07, 6.45) is 6.34. The third kappa shape index (κ3) is 5.61. The molecule has 0 saturated heterocycles. The van der Waals surface area contributed by atoms with Gasteiger partial charge < -0.3 is 23.9 Å². The molecule has 0 aliphatic carbocycles. The van der Waals surface area contributed by atoms with Crippen LogP contribution >= 0.6 is 11.8 Å². The number of methoxy groups -OCH3 is 1. The lowest BCUT2D eigenvalue weighted by molar-refractivity contribution is -0.144. The topological polar surface area (TPSA) is 87.0 Å². The monoisotopic (exact) mass is 545 g/mol.